The van der Waals surface area contributed by atoms with E-state index in [2.05, 4.69) is 29.6 Å². The van der Waals surface area contributed by atoms with Crippen LogP contribution in [0.15, 0.2) is 24.3 Å². The molecule has 1 aromatic carbocycles. The van der Waals surface area contributed by atoms with Gasteiger partial charge in [0.05, 0.1) is 0 Å². The minimum absolute atomic E-state index is 0.723. The first kappa shape index (κ1) is 12.2. The molecule has 0 radical (unpaired) electrons. The Hall–Kier alpha value is -0.820. The number of hydrogen-bond donors (Lipinski definition) is 1. The van der Waals surface area contributed by atoms with Gasteiger partial charge in [0.1, 0.15) is 0 Å². The average molecular weight is 243 g/mol. The fourth-order valence-electron chi connectivity index (χ4n) is 3.72. The van der Waals surface area contributed by atoms with Crippen LogP contribution in [0, 0.1) is 0 Å². The molecule has 1 unspecified atom stereocenters. The molecule has 0 spiro atoms. The molecule has 0 aromatic heterocycles. The van der Waals surface area contributed by atoms with E-state index in [1.807, 2.05) is 0 Å². The first-order valence-electron chi connectivity index (χ1n) is 7.74. The molecule has 1 saturated heterocycles. The van der Waals surface area contributed by atoms with Crippen LogP contribution in [0.3, 0.4) is 0 Å². The number of piperidine rings is 1. The molecule has 1 aliphatic carbocycles. The molecule has 0 amide bonds. The largest absolute Gasteiger partial charge is 0.314 e. The summed E-state index contributed by atoms with van der Waals surface area (Å²) < 4.78 is 0. The zero-order valence-corrected chi connectivity index (χ0v) is 11.3. The van der Waals surface area contributed by atoms with Crippen molar-refractivity contribution in [2.45, 2.75) is 63.3 Å². The van der Waals surface area contributed by atoms with Crippen LogP contribution in [-0.4, -0.2) is 12.6 Å². The molecule has 18 heavy (non-hydrogen) atoms. The van der Waals surface area contributed by atoms with Crippen LogP contribution < -0.4 is 5.32 Å². The molecule has 98 valence electrons. The molecule has 3 rings (SSSR count). The van der Waals surface area contributed by atoms with Crippen molar-refractivity contribution in [3.63, 3.8) is 0 Å². The van der Waals surface area contributed by atoms with Crippen LogP contribution in [0.4, 0.5) is 0 Å². The Morgan fingerprint density at radius 2 is 1.72 bits per heavy atom. The predicted molar refractivity (Wildman–Crippen MR) is 77.0 cm³/mol. The summed E-state index contributed by atoms with van der Waals surface area (Å²) in [5, 5.41) is 3.69. The lowest BCUT2D eigenvalue weighted by atomic mass is 9.88. The fourth-order valence-corrected chi connectivity index (χ4v) is 3.72. The van der Waals surface area contributed by atoms with E-state index in [0.29, 0.717) is 0 Å². The van der Waals surface area contributed by atoms with Crippen LogP contribution in [0.2, 0.25) is 0 Å². The zero-order valence-electron chi connectivity index (χ0n) is 11.3. The second-order valence-electron chi connectivity index (χ2n) is 6.03. The van der Waals surface area contributed by atoms with Crippen molar-refractivity contribution >= 4 is 0 Å². The van der Waals surface area contributed by atoms with E-state index in [1.54, 1.807) is 11.1 Å². The van der Waals surface area contributed by atoms with Gasteiger partial charge >= 0.3 is 0 Å². The van der Waals surface area contributed by atoms with E-state index < -0.39 is 0 Å². The molecular weight excluding hydrogens is 218 g/mol. The molecule has 1 nitrogen and oxygen atoms in total. The third kappa shape index (κ3) is 2.77. The third-order valence-corrected chi connectivity index (χ3v) is 4.73. The van der Waals surface area contributed by atoms with Gasteiger partial charge in [0.15, 0.2) is 0 Å². The van der Waals surface area contributed by atoms with Gasteiger partial charge in [-0.25, -0.2) is 0 Å². The lowest BCUT2D eigenvalue weighted by Gasteiger charge is -2.25. The smallest absolute Gasteiger partial charge is 0.0108 e. The van der Waals surface area contributed by atoms with Crippen LogP contribution in [0.1, 0.15) is 62.0 Å². The Balaban J connectivity index is 1.73. The molecule has 1 heteroatoms. The average Bonchev–Trinajstić information content (AvgIpc) is 2.94. The van der Waals surface area contributed by atoms with E-state index in [1.165, 1.54) is 57.9 Å². The van der Waals surface area contributed by atoms with E-state index in [9.17, 15) is 0 Å². The number of nitrogens with one attached hydrogen (secondary N) is 1. The maximum absolute atomic E-state index is 3.69. The Morgan fingerprint density at radius 3 is 2.50 bits per heavy atom. The van der Waals surface area contributed by atoms with Crippen molar-refractivity contribution in [2.24, 2.45) is 0 Å². The maximum atomic E-state index is 3.69. The van der Waals surface area contributed by atoms with Gasteiger partial charge in [0.2, 0.25) is 0 Å². The highest BCUT2D eigenvalue weighted by Gasteiger charge is 2.21. The van der Waals surface area contributed by atoms with Crippen molar-refractivity contribution in [3.8, 4) is 0 Å². The highest BCUT2D eigenvalue weighted by Crippen LogP contribution is 2.36. The highest BCUT2D eigenvalue weighted by atomic mass is 14.9. The molecule has 2 fully saturated rings. The Labute approximate surface area is 111 Å². The second kappa shape index (κ2) is 5.88. The van der Waals surface area contributed by atoms with Gasteiger partial charge in [0, 0.05) is 6.04 Å². The Morgan fingerprint density at radius 1 is 0.944 bits per heavy atom. The van der Waals surface area contributed by atoms with E-state index in [-0.39, 0.29) is 0 Å². The Bertz CT molecular complexity index is 373. The molecular formula is C17H25N. The standard InChI is InChI=1S/C17H25N/c1-2-8-14(7-1)17-11-4-3-9-15(17)13-16-10-5-6-12-18-16/h3-4,9,11,14,16,18H,1-2,5-8,10,12-13H2. The molecule has 1 aromatic rings. The summed E-state index contributed by atoms with van der Waals surface area (Å²) in [7, 11) is 0. The van der Waals surface area contributed by atoms with Gasteiger partial charge in [-0.1, -0.05) is 43.5 Å². The number of rotatable bonds is 3. The van der Waals surface area contributed by atoms with Gasteiger partial charge in [0.25, 0.3) is 0 Å². The summed E-state index contributed by atoms with van der Waals surface area (Å²) in [4.78, 5) is 0. The molecule has 1 heterocycles. The van der Waals surface area contributed by atoms with Crippen LogP contribution >= 0.6 is 0 Å². The summed E-state index contributed by atoms with van der Waals surface area (Å²) in [5.41, 5.74) is 3.27. The topological polar surface area (TPSA) is 12.0 Å². The summed E-state index contributed by atoms with van der Waals surface area (Å²) in [5.74, 6) is 0.852. The molecule has 2 aliphatic rings. The van der Waals surface area contributed by atoms with Gasteiger partial charge in [-0.3, -0.25) is 0 Å². The summed E-state index contributed by atoms with van der Waals surface area (Å²) in [6.45, 7) is 1.22. The van der Waals surface area contributed by atoms with E-state index >= 15 is 0 Å². The van der Waals surface area contributed by atoms with E-state index in [0.717, 1.165) is 12.0 Å². The highest BCUT2D eigenvalue weighted by molar-refractivity contribution is 5.31. The number of benzene rings is 1. The minimum atomic E-state index is 0.723. The van der Waals surface area contributed by atoms with Gasteiger partial charge in [-0.2, -0.15) is 0 Å². The van der Waals surface area contributed by atoms with Crippen molar-refractivity contribution in [2.75, 3.05) is 6.54 Å². The van der Waals surface area contributed by atoms with Crippen LogP contribution in [-0.2, 0) is 6.42 Å². The zero-order chi connectivity index (χ0) is 12.2. The lowest BCUT2D eigenvalue weighted by molar-refractivity contribution is 0.398. The van der Waals surface area contributed by atoms with Gasteiger partial charge < -0.3 is 5.32 Å². The summed E-state index contributed by atoms with van der Waals surface area (Å²) in [6.07, 6.45) is 11.1. The van der Waals surface area contributed by atoms with Crippen molar-refractivity contribution in [1.29, 1.82) is 0 Å². The van der Waals surface area contributed by atoms with Crippen LogP contribution in [0.5, 0.6) is 0 Å². The number of hydrogen-bond acceptors (Lipinski definition) is 1. The first-order valence-corrected chi connectivity index (χ1v) is 7.74. The minimum Gasteiger partial charge on any atom is -0.314 e. The summed E-state index contributed by atoms with van der Waals surface area (Å²) in [6, 6.07) is 9.92. The first-order chi connectivity index (χ1) is 8.93. The van der Waals surface area contributed by atoms with Gasteiger partial charge in [-0.05, 0) is 55.7 Å². The quantitative estimate of drug-likeness (QED) is 0.845. The Kier molecular flexibility index (Phi) is 3.99. The lowest BCUT2D eigenvalue weighted by Crippen LogP contribution is -2.35. The predicted octanol–water partition coefficient (Wildman–Crippen LogP) is 4.03. The van der Waals surface area contributed by atoms with E-state index in [4.69, 9.17) is 0 Å². The van der Waals surface area contributed by atoms with Crippen LogP contribution in [0.25, 0.3) is 0 Å². The van der Waals surface area contributed by atoms with Gasteiger partial charge in [-0.15, -0.1) is 0 Å². The fraction of sp³-hybridized carbons (Fsp3) is 0.647. The van der Waals surface area contributed by atoms with Crippen molar-refractivity contribution in [3.05, 3.63) is 35.4 Å². The normalized spacial score (nSPS) is 25.4. The van der Waals surface area contributed by atoms with Crippen molar-refractivity contribution < 1.29 is 0 Å². The molecule has 1 aliphatic heterocycles. The second-order valence-corrected chi connectivity index (χ2v) is 6.03. The summed E-state index contributed by atoms with van der Waals surface area (Å²) >= 11 is 0. The van der Waals surface area contributed by atoms with Crippen molar-refractivity contribution in [1.82, 2.24) is 5.32 Å². The third-order valence-electron chi connectivity index (χ3n) is 4.73. The SMILES string of the molecule is c1ccc(C2CCCC2)c(CC2CCCCN2)c1. The molecule has 1 N–H and O–H groups in total. The monoisotopic (exact) mass is 243 g/mol. The maximum Gasteiger partial charge on any atom is 0.0108 e. The molecule has 1 atom stereocenters. The molecule has 0 bridgehead atoms. The molecule has 1 saturated carbocycles.